The Balaban J connectivity index is 2.15. The Labute approximate surface area is 129 Å². The molecule has 2 unspecified atom stereocenters. The average Bonchev–Trinajstić information content (AvgIpc) is 2.44. The predicted octanol–water partition coefficient (Wildman–Crippen LogP) is 1.93. The quantitative estimate of drug-likeness (QED) is 0.669. The first-order chi connectivity index (χ1) is 9.61. The zero-order valence-electron chi connectivity index (χ0n) is 12.1. The molecule has 0 aromatic heterocycles. The highest BCUT2D eigenvalue weighted by Gasteiger charge is 2.17. The van der Waals surface area contributed by atoms with Gasteiger partial charge in [-0.1, -0.05) is 6.92 Å². The fourth-order valence-electron chi connectivity index (χ4n) is 1.79. The zero-order valence-corrected chi connectivity index (χ0v) is 13.8. The van der Waals surface area contributed by atoms with E-state index >= 15 is 0 Å². The van der Waals surface area contributed by atoms with Gasteiger partial charge in [-0.25, -0.2) is 0 Å². The number of amides is 2. The van der Waals surface area contributed by atoms with Crippen molar-refractivity contribution in [2.75, 3.05) is 18.1 Å². The van der Waals surface area contributed by atoms with Gasteiger partial charge >= 0.3 is 0 Å². The molecule has 5 nitrogen and oxygen atoms in total. The van der Waals surface area contributed by atoms with Crippen LogP contribution in [0.1, 0.15) is 39.5 Å². The summed E-state index contributed by atoms with van der Waals surface area (Å²) in [5.41, 5.74) is 0.170. The molecule has 0 radical (unpaired) electrons. The van der Waals surface area contributed by atoms with Crippen molar-refractivity contribution in [2.24, 2.45) is 0 Å². The zero-order chi connectivity index (χ0) is 14.8. The van der Waals surface area contributed by atoms with E-state index in [4.69, 9.17) is 4.74 Å². The van der Waals surface area contributed by atoms with Gasteiger partial charge < -0.3 is 14.8 Å². The second-order valence-electron chi connectivity index (χ2n) is 4.75. The Kier molecular flexibility index (Phi) is 9.13. The molecule has 0 aliphatic carbocycles. The molecule has 7 heteroatoms. The molecule has 1 aliphatic heterocycles. The van der Waals surface area contributed by atoms with Crippen molar-refractivity contribution in [2.45, 2.75) is 51.0 Å². The van der Waals surface area contributed by atoms with Gasteiger partial charge in [0, 0.05) is 25.3 Å². The molecular weight excluding hydrogens is 296 g/mol. The van der Waals surface area contributed by atoms with Crippen LogP contribution < -0.4 is 10.0 Å². The average molecular weight is 320 g/mol. The third kappa shape index (κ3) is 8.01. The molecule has 1 heterocycles. The van der Waals surface area contributed by atoms with Gasteiger partial charge in [0.05, 0.1) is 5.75 Å². The molecule has 0 bridgehead atoms. The van der Waals surface area contributed by atoms with Gasteiger partial charge in [0.1, 0.15) is 5.44 Å². The minimum Gasteiger partial charge on any atom is -0.368 e. The van der Waals surface area contributed by atoms with Crippen LogP contribution in [0.5, 0.6) is 0 Å². The second kappa shape index (κ2) is 10.3. The molecule has 0 aromatic rings. The van der Waals surface area contributed by atoms with Gasteiger partial charge in [0.25, 0.3) is 0 Å². The lowest BCUT2D eigenvalue weighted by Gasteiger charge is -2.22. The third-order valence-electron chi connectivity index (χ3n) is 2.90. The molecule has 2 amide bonds. The van der Waals surface area contributed by atoms with E-state index in [1.54, 1.807) is 11.8 Å². The summed E-state index contributed by atoms with van der Waals surface area (Å²) in [6, 6.07) is 0.0900. The molecule has 20 heavy (non-hydrogen) atoms. The van der Waals surface area contributed by atoms with Crippen LogP contribution in [0.2, 0.25) is 0 Å². The second-order valence-corrected chi connectivity index (χ2v) is 6.72. The largest absolute Gasteiger partial charge is 0.368 e. The van der Waals surface area contributed by atoms with Crippen LogP contribution in [-0.4, -0.2) is 41.4 Å². The smallest absolute Gasteiger partial charge is 0.230 e. The number of ether oxygens (including phenoxy) is 1. The number of carbonyl (C=O) groups excluding carboxylic acids is 2. The SMILES string of the molecule is CCC(CSNC(C)=O)NC(=O)CSC1CCCCO1. The Morgan fingerprint density at radius 1 is 1.40 bits per heavy atom. The van der Waals surface area contributed by atoms with E-state index in [-0.39, 0.29) is 23.3 Å². The lowest BCUT2D eigenvalue weighted by Crippen LogP contribution is -2.38. The van der Waals surface area contributed by atoms with Crippen LogP contribution in [0.3, 0.4) is 0 Å². The number of carbonyl (C=O) groups is 2. The van der Waals surface area contributed by atoms with Crippen molar-refractivity contribution < 1.29 is 14.3 Å². The standard InChI is InChI=1S/C13H24N2O3S2/c1-3-11(8-20-15-10(2)16)14-12(17)9-19-13-6-4-5-7-18-13/h11,13H,3-9H2,1-2H3,(H,14,17)(H,15,16). The Morgan fingerprint density at radius 3 is 2.80 bits per heavy atom. The van der Waals surface area contributed by atoms with Crippen molar-refractivity contribution >= 4 is 35.5 Å². The molecule has 2 N–H and O–H groups in total. The molecule has 1 saturated heterocycles. The van der Waals surface area contributed by atoms with Gasteiger partial charge in [0.2, 0.25) is 11.8 Å². The Morgan fingerprint density at radius 2 is 2.20 bits per heavy atom. The summed E-state index contributed by atoms with van der Waals surface area (Å²) in [5.74, 6) is 1.10. The number of thioether (sulfide) groups is 1. The van der Waals surface area contributed by atoms with Crippen LogP contribution >= 0.6 is 23.7 Å². The molecule has 0 saturated carbocycles. The number of nitrogens with one attached hydrogen (secondary N) is 2. The molecule has 0 aromatic carbocycles. The normalized spacial score (nSPS) is 20.2. The maximum atomic E-state index is 11.9. The first kappa shape index (κ1) is 17.7. The molecular formula is C13H24N2O3S2. The summed E-state index contributed by atoms with van der Waals surface area (Å²) >= 11 is 2.91. The van der Waals surface area contributed by atoms with E-state index < -0.39 is 0 Å². The highest BCUT2D eigenvalue weighted by Crippen LogP contribution is 2.22. The van der Waals surface area contributed by atoms with E-state index in [0.29, 0.717) is 11.5 Å². The summed E-state index contributed by atoms with van der Waals surface area (Å²) < 4.78 is 8.25. The highest BCUT2D eigenvalue weighted by molar-refractivity contribution is 8.00. The summed E-state index contributed by atoms with van der Waals surface area (Å²) in [5, 5.41) is 2.99. The fourth-order valence-corrected chi connectivity index (χ4v) is 3.54. The summed E-state index contributed by atoms with van der Waals surface area (Å²) in [4.78, 5) is 22.6. The minimum absolute atomic E-state index is 0.0412. The van der Waals surface area contributed by atoms with Crippen molar-refractivity contribution in [1.82, 2.24) is 10.0 Å². The minimum atomic E-state index is -0.0683. The van der Waals surface area contributed by atoms with E-state index in [9.17, 15) is 9.59 Å². The van der Waals surface area contributed by atoms with Crippen molar-refractivity contribution in [3.05, 3.63) is 0 Å². The van der Waals surface area contributed by atoms with Gasteiger partial charge in [-0.2, -0.15) is 0 Å². The molecule has 0 spiro atoms. The summed E-state index contributed by atoms with van der Waals surface area (Å²) in [6.07, 6.45) is 4.20. The Hall–Kier alpha value is -0.400. The summed E-state index contributed by atoms with van der Waals surface area (Å²) in [7, 11) is 0. The highest BCUT2D eigenvalue weighted by atomic mass is 32.2. The molecule has 2 atom stereocenters. The van der Waals surface area contributed by atoms with E-state index in [1.807, 2.05) is 6.92 Å². The van der Waals surface area contributed by atoms with Crippen molar-refractivity contribution in [3.8, 4) is 0 Å². The first-order valence-corrected chi connectivity index (χ1v) is 9.06. The third-order valence-corrected chi connectivity index (χ3v) is 5.07. The van der Waals surface area contributed by atoms with Crippen LogP contribution in [0.4, 0.5) is 0 Å². The molecule has 116 valence electrons. The van der Waals surface area contributed by atoms with Crippen LogP contribution in [-0.2, 0) is 14.3 Å². The van der Waals surface area contributed by atoms with Gasteiger partial charge in [0.15, 0.2) is 0 Å². The van der Waals surface area contributed by atoms with Gasteiger partial charge in [-0.3, -0.25) is 9.59 Å². The molecule has 1 aliphatic rings. The lowest BCUT2D eigenvalue weighted by atomic mass is 10.2. The van der Waals surface area contributed by atoms with Gasteiger partial charge in [-0.15, -0.1) is 11.8 Å². The van der Waals surface area contributed by atoms with Crippen LogP contribution in [0.15, 0.2) is 0 Å². The summed E-state index contributed by atoms with van der Waals surface area (Å²) in [6.45, 7) is 4.31. The maximum absolute atomic E-state index is 11.9. The van der Waals surface area contributed by atoms with E-state index in [2.05, 4.69) is 10.0 Å². The number of hydrogen-bond donors (Lipinski definition) is 2. The van der Waals surface area contributed by atoms with Crippen LogP contribution in [0.25, 0.3) is 0 Å². The van der Waals surface area contributed by atoms with E-state index in [0.717, 1.165) is 25.9 Å². The van der Waals surface area contributed by atoms with Gasteiger partial charge in [-0.05, 0) is 37.6 Å². The number of rotatable bonds is 8. The monoisotopic (exact) mass is 320 g/mol. The van der Waals surface area contributed by atoms with Crippen LogP contribution in [0, 0.1) is 0 Å². The van der Waals surface area contributed by atoms with Crippen molar-refractivity contribution in [3.63, 3.8) is 0 Å². The van der Waals surface area contributed by atoms with E-state index in [1.165, 1.54) is 25.3 Å². The predicted molar refractivity (Wildman–Crippen MR) is 84.5 cm³/mol. The lowest BCUT2D eigenvalue weighted by molar-refractivity contribution is -0.119. The molecule has 1 fully saturated rings. The topological polar surface area (TPSA) is 67.4 Å². The van der Waals surface area contributed by atoms with Crippen molar-refractivity contribution in [1.29, 1.82) is 0 Å². The molecule has 1 rings (SSSR count). The number of hydrogen-bond acceptors (Lipinski definition) is 5. The Bertz CT molecular complexity index is 310. The first-order valence-electron chi connectivity index (χ1n) is 7.02. The maximum Gasteiger partial charge on any atom is 0.230 e. The fraction of sp³-hybridized carbons (Fsp3) is 0.846.